The summed E-state index contributed by atoms with van der Waals surface area (Å²) >= 11 is 0. The first-order chi connectivity index (χ1) is 40.4. The second-order valence-electron chi connectivity index (χ2n) is 19.8. The normalized spacial score (nSPS) is 10.6. The maximum atomic E-state index is 4.40. The van der Waals surface area contributed by atoms with Crippen molar-refractivity contribution in [3.8, 4) is 78.8 Å². The molecule has 0 aliphatic carbocycles. The van der Waals surface area contributed by atoms with Gasteiger partial charge in [0.25, 0.3) is 0 Å². The molecule has 8 heterocycles. The molecule has 0 atom stereocenters. The van der Waals surface area contributed by atoms with Gasteiger partial charge in [0.2, 0.25) is 0 Å². The van der Waals surface area contributed by atoms with Gasteiger partial charge in [-0.3, -0.25) is 19.3 Å². The van der Waals surface area contributed by atoms with Crippen molar-refractivity contribution in [1.82, 2.24) is 49.7 Å². The molecular formula is C71H61Ir5N12-5. The summed E-state index contributed by atoms with van der Waals surface area (Å²) in [6.07, 6.45) is 16.2. The van der Waals surface area contributed by atoms with Gasteiger partial charge in [-0.25, -0.2) is 0 Å². The number of aliphatic imine (C=N–C) groups is 2. The molecule has 0 saturated carbocycles. The third kappa shape index (κ3) is 21.5. The van der Waals surface area contributed by atoms with E-state index in [-0.39, 0.29) is 107 Å². The number of rotatable bonds is 8. The van der Waals surface area contributed by atoms with Gasteiger partial charge in [0.05, 0.1) is 11.9 Å². The third-order valence-electron chi connectivity index (χ3n) is 12.9. The minimum Gasteiger partial charge on any atom is -0.305 e. The monoisotopic (exact) mass is 2050 g/mol. The molecule has 5 aromatic carbocycles. The predicted molar refractivity (Wildman–Crippen MR) is 333 cm³/mol. The van der Waals surface area contributed by atoms with Gasteiger partial charge in [-0.1, -0.05) is 94.9 Å². The number of benzene rings is 5. The minimum atomic E-state index is -0.108. The van der Waals surface area contributed by atoms with Crippen molar-refractivity contribution < 1.29 is 101 Å². The van der Waals surface area contributed by atoms with Crippen LogP contribution in [-0.2, 0) is 115 Å². The number of hydrogen-bond acceptors (Lipinski definition) is 10. The smallest absolute Gasteiger partial charge is 0.148 e. The summed E-state index contributed by atoms with van der Waals surface area (Å²) in [5, 5.41) is 12.3. The molecule has 12 aromatic rings. The van der Waals surface area contributed by atoms with E-state index in [9.17, 15) is 0 Å². The Hall–Kier alpha value is -7.21. The molecule has 0 N–H and O–H groups in total. The molecule has 0 bridgehead atoms. The SMILES string of the molecule is Cc1cc[c-]c(-c2ccccn2)c1.Cc1ccc(-c2[c-]ccc(C)c2)nc1.Cc1ccnc(-c2[c-]ccc(-c3ccnn3C)c2)c1.Cc1ccnc(-c2[c-]ccc(-c3cn(C)nn3)c2)c1.Cc1ccnc(-c2[c-]ccc(C3N=CC=N3)c2)c1.[Ir].[Ir].[Ir].[Ir].[Ir]. The average Bonchev–Trinajstić information content (AvgIpc) is 3.79. The van der Waals surface area contributed by atoms with E-state index in [0.29, 0.717) is 0 Å². The molecule has 0 spiro atoms. The molecule has 13 rings (SSSR count). The Morgan fingerprint density at radius 2 is 0.841 bits per heavy atom. The molecule has 1 aliphatic heterocycles. The molecule has 17 heteroatoms. The van der Waals surface area contributed by atoms with Gasteiger partial charge in [0.15, 0.2) is 0 Å². The summed E-state index contributed by atoms with van der Waals surface area (Å²) in [4.78, 5) is 30.3. The van der Waals surface area contributed by atoms with Crippen LogP contribution in [0.15, 0.2) is 217 Å². The maximum Gasteiger partial charge on any atom is 0.148 e. The predicted octanol–water partition coefficient (Wildman–Crippen LogP) is 14.9. The van der Waals surface area contributed by atoms with Crippen molar-refractivity contribution in [2.45, 2.75) is 47.7 Å². The molecule has 0 fully saturated rings. The number of hydrogen-bond donors (Lipinski definition) is 0. The minimum absolute atomic E-state index is 0. The van der Waals surface area contributed by atoms with E-state index >= 15 is 0 Å². The Labute approximate surface area is 584 Å². The van der Waals surface area contributed by atoms with Gasteiger partial charge in [-0.05, 0) is 92.1 Å². The summed E-state index contributed by atoms with van der Waals surface area (Å²) in [5.41, 5.74) is 22.2. The zero-order valence-electron chi connectivity index (χ0n) is 49.4. The average molecular weight is 2040 g/mol. The van der Waals surface area contributed by atoms with Crippen LogP contribution >= 0.6 is 0 Å². The molecule has 7 aromatic heterocycles. The number of aromatic nitrogens is 10. The largest absolute Gasteiger partial charge is 0.305 e. The maximum absolute atomic E-state index is 4.40. The topological polar surface area (TPSA) is 138 Å². The van der Waals surface area contributed by atoms with E-state index < -0.39 is 0 Å². The Balaban J connectivity index is 0.000000234. The molecular weight excluding hydrogens is 1980 g/mol. The van der Waals surface area contributed by atoms with Gasteiger partial charge in [-0.2, -0.15) is 5.10 Å². The molecule has 12 nitrogen and oxygen atoms in total. The summed E-state index contributed by atoms with van der Waals surface area (Å²) in [6, 6.07) is 70.2. The zero-order valence-corrected chi connectivity index (χ0v) is 61.4. The molecule has 5 radical (unpaired) electrons. The first kappa shape index (κ1) is 73.3. The van der Waals surface area contributed by atoms with Crippen molar-refractivity contribution in [2.75, 3.05) is 0 Å². The van der Waals surface area contributed by atoms with E-state index in [0.717, 1.165) is 84.4 Å². The van der Waals surface area contributed by atoms with E-state index in [1.165, 1.54) is 33.4 Å². The van der Waals surface area contributed by atoms with Gasteiger partial charge in [0, 0.05) is 170 Å². The van der Waals surface area contributed by atoms with E-state index in [2.05, 4.69) is 152 Å². The van der Waals surface area contributed by atoms with Crippen LogP contribution in [0.25, 0.3) is 78.8 Å². The van der Waals surface area contributed by atoms with Crippen LogP contribution in [-0.4, -0.2) is 62.1 Å². The van der Waals surface area contributed by atoms with Crippen molar-refractivity contribution in [1.29, 1.82) is 0 Å². The molecule has 1 aliphatic rings. The summed E-state index contributed by atoms with van der Waals surface area (Å²) < 4.78 is 3.55. The Morgan fingerprint density at radius 3 is 1.30 bits per heavy atom. The first-order valence-corrected chi connectivity index (χ1v) is 27.0. The van der Waals surface area contributed by atoms with Gasteiger partial charge in [0.1, 0.15) is 6.17 Å². The number of aryl methyl sites for hydroxylation is 8. The first-order valence-electron chi connectivity index (χ1n) is 27.0. The molecule has 0 saturated heterocycles. The standard InChI is InChI=1S/C16H14N3.C15H13N4.C15H12N3.C13H12N.C12H10N.5Ir/c1-12-6-8-17-15(10-12)13-4-3-5-14(11-13)16-7-9-18-19(16)2;1-11-6-7-16-14(8-11)12-4-3-5-13(9-12)15-10-19(2)18-17-15;1-11-5-6-16-14(9-11)12-3-2-4-13(10-12)15-17-7-8-18-15;1-10-4-3-5-12(8-10)13-7-6-11(2)9-14-13;1-10-5-4-6-11(9-10)12-7-2-3-8-13-12;;;;;/h3,5-11H,1-2H3;3,5-10H,1-2H3;2,4-10,15H,1H3;3-4,6-9H,1-2H3;2-5,7-9H,1H3;;;;;/q5*-1;;;;;. The summed E-state index contributed by atoms with van der Waals surface area (Å²) in [7, 11) is 3.80. The third-order valence-corrected chi connectivity index (χ3v) is 12.9. The van der Waals surface area contributed by atoms with Crippen LogP contribution in [0.5, 0.6) is 0 Å². The van der Waals surface area contributed by atoms with E-state index in [4.69, 9.17) is 0 Å². The summed E-state index contributed by atoms with van der Waals surface area (Å²) in [6.45, 7) is 12.4. The van der Waals surface area contributed by atoms with Crippen LogP contribution in [0.4, 0.5) is 0 Å². The van der Waals surface area contributed by atoms with Crippen molar-refractivity contribution in [3.05, 3.63) is 276 Å². The van der Waals surface area contributed by atoms with E-state index in [1.54, 1.807) is 29.5 Å². The van der Waals surface area contributed by atoms with Crippen LogP contribution in [0.2, 0.25) is 0 Å². The molecule has 0 unspecified atom stereocenters. The molecule has 88 heavy (non-hydrogen) atoms. The van der Waals surface area contributed by atoms with Crippen LogP contribution < -0.4 is 0 Å². The van der Waals surface area contributed by atoms with Crippen molar-refractivity contribution >= 4 is 12.4 Å². The Kier molecular flexibility index (Phi) is 30.8. The van der Waals surface area contributed by atoms with Crippen LogP contribution in [0.1, 0.15) is 45.1 Å². The number of pyridine rings is 5. The van der Waals surface area contributed by atoms with Crippen molar-refractivity contribution in [2.24, 2.45) is 24.1 Å². The Morgan fingerprint density at radius 1 is 0.375 bits per heavy atom. The van der Waals surface area contributed by atoms with Crippen LogP contribution in [0, 0.1) is 71.9 Å². The van der Waals surface area contributed by atoms with E-state index in [1.807, 2.05) is 184 Å². The molecule has 455 valence electrons. The van der Waals surface area contributed by atoms with Crippen LogP contribution in [0.3, 0.4) is 0 Å². The summed E-state index contributed by atoms with van der Waals surface area (Å²) in [5.74, 6) is 0. The second-order valence-corrected chi connectivity index (χ2v) is 19.8. The fourth-order valence-electron chi connectivity index (χ4n) is 8.58. The Bertz CT molecular complexity index is 4120. The molecule has 0 amide bonds. The fraction of sp³-hybridized carbons (Fsp3) is 0.127. The van der Waals surface area contributed by atoms with Crippen molar-refractivity contribution in [3.63, 3.8) is 0 Å². The second kappa shape index (κ2) is 36.9. The van der Waals surface area contributed by atoms with Gasteiger partial charge >= 0.3 is 0 Å². The fourth-order valence-corrected chi connectivity index (χ4v) is 8.58. The zero-order chi connectivity index (χ0) is 57.9. The van der Waals surface area contributed by atoms with Gasteiger partial charge < -0.3 is 24.9 Å². The number of nitrogens with zero attached hydrogens (tertiary/aromatic N) is 12. The van der Waals surface area contributed by atoms with Gasteiger partial charge in [-0.15, -0.1) is 165 Å². The quantitative estimate of drug-likeness (QED) is 0.137.